The van der Waals surface area contributed by atoms with Crippen LogP contribution in [-0.4, -0.2) is 42.3 Å². The Labute approximate surface area is 222 Å². The van der Waals surface area contributed by atoms with Crippen LogP contribution in [0.2, 0.25) is 5.02 Å². The zero-order chi connectivity index (χ0) is 25.4. The zero-order valence-corrected chi connectivity index (χ0v) is 22.0. The van der Waals surface area contributed by atoms with Gasteiger partial charge < -0.3 is 9.72 Å². The van der Waals surface area contributed by atoms with E-state index in [2.05, 4.69) is 71.4 Å². The molecule has 37 heavy (non-hydrogen) atoms. The number of benzene rings is 3. The molecule has 0 amide bonds. The first-order valence-corrected chi connectivity index (χ1v) is 13.6. The van der Waals surface area contributed by atoms with Crippen LogP contribution >= 0.6 is 11.6 Å². The molecule has 1 aliphatic heterocycles. The fraction of sp³-hybridized carbons (Fsp3) is 0.312. The molecule has 1 fully saturated rings. The minimum absolute atomic E-state index is 0.176. The van der Waals surface area contributed by atoms with Gasteiger partial charge in [-0.3, -0.25) is 9.29 Å². The molecule has 3 nitrogen and oxygen atoms in total. The molecule has 0 saturated carbocycles. The summed E-state index contributed by atoms with van der Waals surface area (Å²) in [5.74, 6) is 0.884. The second kappa shape index (κ2) is 10.4. The summed E-state index contributed by atoms with van der Waals surface area (Å²) in [5.41, 5.74) is 10.1. The summed E-state index contributed by atoms with van der Waals surface area (Å²) in [5, 5.41) is 2.11. The molecule has 0 spiro atoms. The molecular formula is C32H32ClFN2O. The van der Waals surface area contributed by atoms with Crippen LogP contribution in [0.4, 0.5) is 4.39 Å². The molecule has 0 atom stereocenters. The molecule has 1 aromatic heterocycles. The third kappa shape index (κ3) is 4.69. The van der Waals surface area contributed by atoms with E-state index in [0.717, 1.165) is 55.2 Å². The standard InChI is InChI=1S/C32H32ClFN2O/c1-21-25(5-3-8-30(21)33)28-7-2-6-26-27-15-17-35-31(27)14-13-29(26)32(28)22-9-11-23(12-10-22)37-24-19-36(20-24)18-4-16-34/h3,5,8-15,17,24,35H,2,4,6-7,16,18-20H2,1H3. The van der Waals surface area contributed by atoms with Crippen molar-refractivity contribution in [3.8, 4) is 5.75 Å². The highest BCUT2D eigenvalue weighted by Gasteiger charge is 2.28. The molecule has 6 rings (SSSR count). The first-order valence-electron chi connectivity index (χ1n) is 13.3. The van der Waals surface area contributed by atoms with Crippen LogP contribution < -0.4 is 4.74 Å². The number of hydrogen-bond donors (Lipinski definition) is 1. The lowest BCUT2D eigenvalue weighted by Gasteiger charge is -2.38. The van der Waals surface area contributed by atoms with Gasteiger partial charge in [-0.25, -0.2) is 0 Å². The number of nitrogens with one attached hydrogen (secondary N) is 1. The van der Waals surface area contributed by atoms with E-state index >= 15 is 0 Å². The maximum atomic E-state index is 12.4. The lowest BCUT2D eigenvalue weighted by molar-refractivity contribution is 0.0184. The molecule has 190 valence electrons. The number of nitrogens with zero attached hydrogens (tertiary/aromatic N) is 1. The number of allylic oxidation sites excluding steroid dienone is 1. The van der Waals surface area contributed by atoms with E-state index in [4.69, 9.17) is 16.3 Å². The molecule has 2 aliphatic rings. The number of rotatable bonds is 7. The highest BCUT2D eigenvalue weighted by atomic mass is 35.5. The van der Waals surface area contributed by atoms with Crippen LogP contribution in [0.25, 0.3) is 22.0 Å². The summed E-state index contributed by atoms with van der Waals surface area (Å²) >= 11 is 6.59. The second-order valence-electron chi connectivity index (χ2n) is 10.2. The monoisotopic (exact) mass is 514 g/mol. The van der Waals surface area contributed by atoms with Gasteiger partial charge in [0.05, 0.1) is 6.67 Å². The Morgan fingerprint density at radius 1 is 1.00 bits per heavy atom. The summed E-state index contributed by atoms with van der Waals surface area (Å²) in [6, 6.07) is 21.5. The van der Waals surface area contributed by atoms with Crippen LogP contribution in [0.15, 0.2) is 66.9 Å². The van der Waals surface area contributed by atoms with Crippen molar-refractivity contribution in [3.05, 3.63) is 99.7 Å². The number of fused-ring (bicyclic) bond motifs is 3. The third-order valence-corrected chi connectivity index (χ3v) is 8.25. The van der Waals surface area contributed by atoms with Crippen LogP contribution in [0.1, 0.15) is 47.1 Å². The smallest absolute Gasteiger partial charge is 0.124 e. The maximum Gasteiger partial charge on any atom is 0.124 e. The zero-order valence-electron chi connectivity index (χ0n) is 21.2. The summed E-state index contributed by atoms with van der Waals surface area (Å²) in [6.07, 6.45) is 5.93. The summed E-state index contributed by atoms with van der Waals surface area (Å²) in [7, 11) is 0. The van der Waals surface area contributed by atoms with Gasteiger partial charge in [-0.1, -0.05) is 41.9 Å². The average molecular weight is 515 g/mol. The number of hydrogen-bond acceptors (Lipinski definition) is 2. The first-order chi connectivity index (χ1) is 18.1. The van der Waals surface area contributed by atoms with Gasteiger partial charge in [-0.05, 0) is 102 Å². The van der Waals surface area contributed by atoms with Gasteiger partial charge in [0, 0.05) is 41.8 Å². The van der Waals surface area contributed by atoms with Gasteiger partial charge in [0.1, 0.15) is 11.9 Å². The third-order valence-electron chi connectivity index (χ3n) is 7.84. The van der Waals surface area contributed by atoms with Crippen molar-refractivity contribution >= 4 is 33.7 Å². The molecule has 3 aromatic carbocycles. The number of halogens is 2. The second-order valence-corrected chi connectivity index (χ2v) is 10.6. The minimum atomic E-state index is -0.255. The largest absolute Gasteiger partial charge is 0.488 e. The Kier molecular flexibility index (Phi) is 6.79. The van der Waals surface area contributed by atoms with Gasteiger partial charge in [0.15, 0.2) is 0 Å². The predicted molar refractivity (Wildman–Crippen MR) is 151 cm³/mol. The van der Waals surface area contributed by atoms with Gasteiger partial charge in [-0.15, -0.1) is 0 Å². The molecule has 0 radical (unpaired) electrons. The van der Waals surface area contributed by atoms with Crippen LogP contribution in [0.3, 0.4) is 0 Å². The van der Waals surface area contributed by atoms with Crippen molar-refractivity contribution in [1.82, 2.24) is 9.88 Å². The summed E-state index contributed by atoms with van der Waals surface area (Å²) in [4.78, 5) is 5.63. The SMILES string of the molecule is Cc1c(Cl)cccc1C1=C(c2ccc(OC3CN(CCCF)C3)cc2)c2ccc3[nH]ccc3c2CCC1. The van der Waals surface area contributed by atoms with Crippen molar-refractivity contribution < 1.29 is 9.13 Å². The highest BCUT2D eigenvalue weighted by molar-refractivity contribution is 6.31. The van der Waals surface area contributed by atoms with Gasteiger partial charge in [0.25, 0.3) is 0 Å². The van der Waals surface area contributed by atoms with Crippen molar-refractivity contribution in [2.75, 3.05) is 26.3 Å². The summed E-state index contributed by atoms with van der Waals surface area (Å²) < 4.78 is 18.7. The molecular weight excluding hydrogens is 483 g/mol. The van der Waals surface area contributed by atoms with Crippen molar-refractivity contribution in [2.24, 2.45) is 0 Å². The Hall–Kier alpha value is -3.08. The van der Waals surface area contributed by atoms with E-state index in [1.165, 1.54) is 44.3 Å². The normalized spacial score (nSPS) is 16.5. The number of H-pyrrole nitrogens is 1. The topological polar surface area (TPSA) is 28.3 Å². The van der Waals surface area contributed by atoms with Crippen molar-refractivity contribution in [1.29, 1.82) is 0 Å². The van der Waals surface area contributed by atoms with Crippen molar-refractivity contribution in [3.63, 3.8) is 0 Å². The predicted octanol–water partition coefficient (Wildman–Crippen LogP) is 7.85. The lowest BCUT2D eigenvalue weighted by atomic mass is 9.86. The van der Waals surface area contributed by atoms with Gasteiger partial charge in [0.2, 0.25) is 0 Å². The van der Waals surface area contributed by atoms with Crippen LogP contribution in [-0.2, 0) is 6.42 Å². The van der Waals surface area contributed by atoms with Crippen molar-refractivity contribution in [2.45, 2.75) is 38.7 Å². The van der Waals surface area contributed by atoms with Crippen LogP contribution in [0.5, 0.6) is 5.75 Å². The van der Waals surface area contributed by atoms with Gasteiger partial charge >= 0.3 is 0 Å². The van der Waals surface area contributed by atoms with E-state index in [1.54, 1.807) is 0 Å². The molecule has 1 N–H and O–H groups in total. The number of aromatic amines is 1. The first kappa shape index (κ1) is 24.3. The Morgan fingerprint density at radius 3 is 2.65 bits per heavy atom. The lowest BCUT2D eigenvalue weighted by Crippen LogP contribution is -2.53. The van der Waals surface area contributed by atoms with E-state index in [9.17, 15) is 4.39 Å². The Balaban J connectivity index is 1.39. The van der Waals surface area contributed by atoms with Crippen LogP contribution in [0, 0.1) is 6.92 Å². The molecule has 2 heterocycles. The summed E-state index contributed by atoms with van der Waals surface area (Å²) in [6.45, 7) is 4.41. The molecule has 0 unspecified atom stereocenters. The van der Waals surface area contributed by atoms with E-state index in [1.807, 2.05) is 12.3 Å². The maximum absolute atomic E-state index is 12.4. The number of aromatic nitrogens is 1. The minimum Gasteiger partial charge on any atom is -0.488 e. The molecule has 5 heteroatoms. The van der Waals surface area contributed by atoms with E-state index < -0.39 is 0 Å². The number of likely N-dealkylation sites (tertiary alicyclic amines) is 1. The van der Waals surface area contributed by atoms with Gasteiger partial charge in [-0.2, -0.15) is 0 Å². The number of aryl methyl sites for hydroxylation is 1. The fourth-order valence-corrected chi connectivity index (χ4v) is 6.09. The molecule has 1 aliphatic carbocycles. The average Bonchev–Trinajstić information content (AvgIpc) is 3.29. The number of alkyl halides is 1. The fourth-order valence-electron chi connectivity index (χ4n) is 5.92. The van der Waals surface area contributed by atoms with E-state index in [0.29, 0.717) is 6.42 Å². The highest BCUT2D eigenvalue weighted by Crippen LogP contribution is 2.43. The van der Waals surface area contributed by atoms with E-state index in [-0.39, 0.29) is 12.8 Å². The molecule has 1 saturated heterocycles. The quantitative estimate of drug-likeness (QED) is 0.272. The Bertz CT molecular complexity index is 1450. The molecule has 0 bridgehead atoms. The number of ether oxygens (including phenoxy) is 1. The Morgan fingerprint density at radius 2 is 1.84 bits per heavy atom. The molecule has 4 aromatic rings.